The Morgan fingerprint density at radius 3 is 2.91 bits per heavy atom. The van der Waals surface area contributed by atoms with Gasteiger partial charge >= 0.3 is 0 Å². The summed E-state index contributed by atoms with van der Waals surface area (Å²) >= 11 is 0. The molecule has 0 aromatic rings. The van der Waals surface area contributed by atoms with Crippen LogP contribution in [0.3, 0.4) is 0 Å². The number of Topliss-reactive ketones (excluding diaryl/α,β-unsaturated/α-hetero) is 1. The van der Waals surface area contributed by atoms with E-state index in [4.69, 9.17) is 0 Å². The Bertz CT molecular complexity index is 528. The second-order valence-electron chi connectivity index (χ2n) is 8.69. The predicted molar refractivity (Wildman–Crippen MR) is 90.4 cm³/mol. The Hall–Kier alpha value is -0.850. The topological polar surface area (TPSA) is 17.1 Å². The lowest BCUT2D eigenvalue weighted by atomic mass is 9.52. The van der Waals surface area contributed by atoms with Crippen molar-refractivity contribution >= 4 is 5.78 Å². The second-order valence-corrected chi connectivity index (χ2v) is 8.69. The normalized spacial score (nSPS) is 46.5. The lowest BCUT2D eigenvalue weighted by molar-refractivity contribution is -0.119. The Morgan fingerprint density at radius 2 is 2.09 bits per heavy atom. The molecule has 0 aliphatic heterocycles. The van der Waals surface area contributed by atoms with Crippen LogP contribution in [0.4, 0.5) is 0 Å². The summed E-state index contributed by atoms with van der Waals surface area (Å²) in [6.07, 6.45) is 17.6. The van der Waals surface area contributed by atoms with Gasteiger partial charge in [-0.2, -0.15) is 0 Å². The summed E-state index contributed by atoms with van der Waals surface area (Å²) in [6.45, 7) is 4.31. The smallest absolute Gasteiger partial charge is 0.130 e. The standard InChI is InChI=1S/C21H30O/c1-14(22)13-16-8-10-20-19-9-7-15-5-3-4-6-17(15)18(19)11-12-21(16,20)2/h3,5,7,16-20H,4,6,8-13H2,1-2H3/t16-,17-,18+,19+,20-,21+/m0/s1. The number of fused-ring (bicyclic) bond motifs is 5. The van der Waals surface area contributed by atoms with E-state index in [0.717, 1.165) is 30.1 Å². The first-order valence-corrected chi connectivity index (χ1v) is 9.45. The molecule has 22 heavy (non-hydrogen) atoms. The molecule has 0 amide bonds. The molecule has 2 saturated carbocycles. The van der Waals surface area contributed by atoms with Crippen LogP contribution in [0.2, 0.25) is 0 Å². The van der Waals surface area contributed by atoms with Crippen LogP contribution in [0.5, 0.6) is 0 Å². The summed E-state index contributed by atoms with van der Waals surface area (Å²) in [5.41, 5.74) is 2.09. The minimum atomic E-state index is 0.400. The van der Waals surface area contributed by atoms with E-state index in [2.05, 4.69) is 25.2 Å². The Kier molecular flexibility index (Phi) is 3.58. The minimum absolute atomic E-state index is 0.400. The molecule has 0 aromatic carbocycles. The maximum absolute atomic E-state index is 11.7. The molecule has 6 atom stereocenters. The largest absolute Gasteiger partial charge is 0.300 e. The maximum Gasteiger partial charge on any atom is 0.130 e. The van der Waals surface area contributed by atoms with Crippen LogP contribution in [0.15, 0.2) is 23.8 Å². The number of rotatable bonds is 2. The molecule has 1 heteroatoms. The summed E-state index contributed by atoms with van der Waals surface area (Å²) in [6, 6.07) is 0. The van der Waals surface area contributed by atoms with E-state index >= 15 is 0 Å². The molecule has 1 nitrogen and oxygen atoms in total. The van der Waals surface area contributed by atoms with Crippen molar-refractivity contribution in [3.05, 3.63) is 23.8 Å². The summed E-state index contributed by atoms with van der Waals surface area (Å²) in [5, 5.41) is 0. The molecule has 4 aliphatic rings. The van der Waals surface area contributed by atoms with Gasteiger partial charge in [0.2, 0.25) is 0 Å². The number of ketones is 1. The van der Waals surface area contributed by atoms with Gasteiger partial charge in [-0.1, -0.05) is 25.2 Å². The van der Waals surface area contributed by atoms with Gasteiger partial charge in [-0.3, -0.25) is 0 Å². The zero-order chi connectivity index (χ0) is 15.3. The van der Waals surface area contributed by atoms with Gasteiger partial charge in [0.1, 0.15) is 5.78 Å². The highest BCUT2D eigenvalue weighted by molar-refractivity contribution is 5.75. The van der Waals surface area contributed by atoms with Gasteiger partial charge in [-0.15, -0.1) is 0 Å². The lowest BCUT2D eigenvalue weighted by Gasteiger charge is -2.53. The van der Waals surface area contributed by atoms with Crippen LogP contribution >= 0.6 is 0 Å². The average molecular weight is 298 g/mol. The summed E-state index contributed by atoms with van der Waals surface area (Å²) in [4.78, 5) is 11.7. The van der Waals surface area contributed by atoms with Crippen molar-refractivity contribution in [1.82, 2.24) is 0 Å². The van der Waals surface area contributed by atoms with Crippen LogP contribution in [-0.2, 0) is 4.79 Å². The van der Waals surface area contributed by atoms with Crippen LogP contribution < -0.4 is 0 Å². The number of carbonyl (C=O) groups excluding carboxylic acids is 1. The fourth-order valence-electron chi connectivity index (χ4n) is 6.68. The summed E-state index contributed by atoms with van der Waals surface area (Å²) in [5.74, 6) is 4.61. The van der Waals surface area contributed by atoms with Gasteiger partial charge in [0.05, 0.1) is 0 Å². The second kappa shape index (κ2) is 5.35. The van der Waals surface area contributed by atoms with Crippen molar-refractivity contribution in [1.29, 1.82) is 0 Å². The Morgan fingerprint density at radius 1 is 1.23 bits per heavy atom. The number of hydrogen-bond acceptors (Lipinski definition) is 1. The van der Waals surface area contributed by atoms with E-state index in [9.17, 15) is 4.79 Å². The first-order valence-electron chi connectivity index (χ1n) is 9.45. The predicted octanol–water partition coefficient (Wildman–Crippen LogP) is 5.32. The Labute approximate surface area is 135 Å². The highest BCUT2D eigenvalue weighted by Gasteiger charge is 2.55. The van der Waals surface area contributed by atoms with Crippen molar-refractivity contribution < 1.29 is 4.79 Å². The fourth-order valence-corrected chi connectivity index (χ4v) is 6.68. The molecule has 4 rings (SSSR count). The third kappa shape index (κ3) is 2.15. The number of allylic oxidation sites excluding steroid dienone is 4. The third-order valence-electron chi connectivity index (χ3n) is 7.75. The molecular formula is C21H30O. The first kappa shape index (κ1) is 14.7. The quantitative estimate of drug-likeness (QED) is 0.674. The van der Waals surface area contributed by atoms with E-state index in [1.54, 1.807) is 12.5 Å². The van der Waals surface area contributed by atoms with Crippen LogP contribution in [0.1, 0.15) is 65.2 Å². The molecule has 0 aromatic heterocycles. The third-order valence-corrected chi connectivity index (χ3v) is 7.75. The van der Waals surface area contributed by atoms with Crippen molar-refractivity contribution in [3.63, 3.8) is 0 Å². The van der Waals surface area contributed by atoms with Crippen molar-refractivity contribution in [2.45, 2.75) is 65.2 Å². The summed E-state index contributed by atoms with van der Waals surface area (Å²) < 4.78 is 0. The lowest BCUT2D eigenvalue weighted by Crippen LogP contribution is -2.45. The molecule has 0 saturated heterocycles. The molecule has 120 valence electrons. The van der Waals surface area contributed by atoms with E-state index in [1.165, 1.54) is 44.9 Å². The molecule has 0 spiro atoms. The van der Waals surface area contributed by atoms with Gasteiger partial charge in [-0.25, -0.2) is 0 Å². The molecule has 0 bridgehead atoms. The Balaban J connectivity index is 1.60. The molecule has 0 heterocycles. The first-order chi connectivity index (χ1) is 10.6. The summed E-state index contributed by atoms with van der Waals surface area (Å²) in [7, 11) is 0. The maximum atomic E-state index is 11.7. The SMILES string of the molecule is CC(=O)C[C@@H]1CC[C@H]2[C@@H]3CC=C4C=CCC[C@@H]4[C@H]3CC[C@]12C. The van der Waals surface area contributed by atoms with E-state index in [0.29, 0.717) is 17.1 Å². The van der Waals surface area contributed by atoms with Crippen molar-refractivity contribution in [2.24, 2.45) is 35.0 Å². The number of carbonyl (C=O) groups is 1. The van der Waals surface area contributed by atoms with Gasteiger partial charge in [-0.05, 0) is 92.4 Å². The highest BCUT2D eigenvalue weighted by Crippen LogP contribution is 2.63. The minimum Gasteiger partial charge on any atom is -0.300 e. The molecule has 4 aliphatic carbocycles. The van der Waals surface area contributed by atoms with E-state index in [-0.39, 0.29) is 0 Å². The zero-order valence-corrected chi connectivity index (χ0v) is 14.2. The van der Waals surface area contributed by atoms with Crippen molar-refractivity contribution in [2.75, 3.05) is 0 Å². The van der Waals surface area contributed by atoms with Crippen LogP contribution in [0.25, 0.3) is 0 Å². The van der Waals surface area contributed by atoms with Crippen LogP contribution in [0, 0.1) is 35.0 Å². The molecule has 0 N–H and O–H groups in total. The van der Waals surface area contributed by atoms with Gasteiger partial charge < -0.3 is 4.79 Å². The van der Waals surface area contributed by atoms with Gasteiger partial charge in [0.15, 0.2) is 0 Å². The zero-order valence-electron chi connectivity index (χ0n) is 14.2. The molecular weight excluding hydrogens is 268 g/mol. The van der Waals surface area contributed by atoms with Crippen molar-refractivity contribution in [3.8, 4) is 0 Å². The molecule has 0 unspecified atom stereocenters. The highest BCUT2D eigenvalue weighted by atomic mass is 16.1. The van der Waals surface area contributed by atoms with Gasteiger partial charge in [0.25, 0.3) is 0 Å². The fraction of sp³-hybridized carbons (Fsp3) is 0.762. The van der Waals surface area contributed by atoms with Crippen LogP contribution in [-0.4, -0.2) is 5.78 Å². The molecule has 2 fully saturated rings. The van der Waals surface area contributed by atoms with Gasteiger partial charge in [0, 0.05) is 6.42 Å². The average Bonchev–Trinajstić information content (AvgIpc) is 2.83. The van der Waals surface area contributed by atoms with E-state index in [1.807, 2.05) is 0 Å². The monoisotopic (exact) mass is 298 g/mol. The number of hydrogen-bond donors (Lipinski definition) is 0. The van der Waals surface area contributed by atoms with E-state index < -0.39 is 0 Å². The molecule has 0 radical (unpaired) electrons.